The lowest BCUT2D eigenvalue weighted by atomic mass is 10.0. The van der Waals surface area contributed by atoms with Crippen molar-refractivity contribution in [2.75, 3.05) is 13.1 Å². The lowest BCUT2D eigenvalue weighted by Gasteiger charge is -2.16. The summed E-state index contributed by atoms with van der Waals surface area (Å²) < 4.78 is 1.09. The van der Waals surface area contributed by atoms with Crippen molar-refractivity contribution in [3.05, 3.63) is 28.5 Å². The van der Waals surface area contributed by atoms with Crippen molar-refractivity contribution in [3.63, 3.8) is 0 Å². The van der Waals surface area contributed by atoms with Gasteiger partial charge in [0.25, 0.3) is 0 Å². The van der Waals surface area contributed by atoms with Crippen LogP contribution in [0.4, 0.5) is 0 Å². The number of rotatable bonds is 2. The van der Waals surface area contributed by atoms with Gasteiger partial charge in [0.2, 0.25) is 0 Å². The summed E-state index contributed by atoms with van der Waals surface area (Å²) in [6, 6.07) is 2.18. The molecule has 1 aromatic heterocycles. The summed E-state index contributed by atoms with van der Waals surface area (Å²) >= 11 is 3.48. The smallest absolute Gasteiger partial charge is 0.0410 e. The molecule has 2 nitrogen and oxygen atoms in total. The summed E-state index contributed by atoms with van der Waals surface area (Å²) in [6.07, 6.45) is 8.21. The van der Waals surface area contributed by atoms with E-state index in [0.717, 1.165) is 22.9 Å². The highest BCUT2D eigenvalue weighted by Gasteiger charge is 2.35. The first-order valence-electron chi connectivity index (χ1n) is 6.13. The van der Waals surface area contributed by atoms with E-state index >= 15 is 0 Å². The van der Waals surface area contributed by atoms with E-state index in [4.69, 9.17) is 0 Å². The van der Waals surface area contributed by atoms with Crippen molar-refractivity contribution in [2.24, 2.45) is 11.8 Å². The van der Waals surface area contributed by atoms with Gasteiger partial charge in [0.1, 0.15) is 0 Å². The molecule has 0 amide bonds. The Morgan fingerprint density at radius 3 is 2.69 bits per heavy atom. The van der Waals surface area contributed by atoms with Gasteiger partial charge in [-0.25, -0.2) is 0 Å². The topological polar surface area (TPSA) is 16.1 Å². The molecule has 16 heavy (non-hydrogen) atoms. The van der Waals surface area contributed by atoms with Gasteiger partial charge in [-0.3, -0.25) is 9.88 Å². The molecule has 1 aromatic rings. The first-order valence-corrected chi connectivity index (χ1v) is 6.92. The zero-order valence-corrected chi connectivity index (χ0v) is 11.0. The van der Waals surface area contributed by atoms with Crippen LogP contribution in [0.15, 0.2) is 22.9 Å². The van der Waals surface area contributed by atoms with Crippen LogP contribution in [0.25, 0.3) is 0 Å². The monoisotopic (exact) mass is 280 g/mol. The Labute approximate surface area is 105 Å². The van der Waals surface area contributed by atoms with Crippen LogP contribution in [0.5, 0.6) is 0 Å². The molecule has 0 radical (unpaired) electrons. The van der Waals surface area contributed by atoms with Gasteiger partial charge in [0, 0.05) is 36.5 Å². The minimum absolute atomic E-state index is 0.986. The van der Waals surface area contributed by atoms with Gasteiger partial charge >= 0.3 is 0 Å². The molecule has 3 heteroatoms. The van der Waals surface area contributed by atoms with Crippen molar-refractivity contribution in [1.82, 2.24) is 9.88 Å². The van der Waals surface area contributed by atoms with Crippen LogP contribution in [0, 0.1) is 11.8 Å². The first kappa shape index (κ1) is 10.7. The van der Waals surface area contributed by atoms with E-state index in [0.29, 0.717) is 0 Å². The predicted molar refractivity (Wildman–Crippen MR) is 68.0 cm³/mol. The fourth-order valence-electron chi connectivity index (χ4n) is 3.26. The van der Waals surface area contributed by atoms with E-state index in [1.165, 1.54) is 37.9 Å². The number of aromatic nitrogens is 1. The number of nitrogens with zero attached hydrogens (tertiary/aromatic N) is 2. The SMILES string of the molecule is Brc1cncc(CN2CC3CCCC3C2)c1. The quantitative estimate of drug-likeness (QED) is 0.828. The predicted octanol–water partition coefficient (Wildman–Crippen LogP) is 3.08. The van der Waals surface area contributed by atoms with Crippen molar-refractivity contribution in [1.29, 1.82) is 0 Å². The maximum Gasteiger partial charge on any atom is 0.0410 e. The largest absolute Gasteiger partial charge is 0.298 e. The Balaban J connectivity index is 1.64. The van der Waals surface area contributed by atoms with Crippen molar-refractivity contribution in [2.45, 2.75) is 25.8 Å². The summed E-state index contributed by atoms with van der Waals surface area (Å²) in [7, 11) is 0. The molecule has 86 valence electrons. The third-order valence-corrected chi connectivity index (χ3v) is 4.40. The molecule has 1 aliphatic heterocycles. The maximum atomic E-state index is 4.22. The van der Waals surface area contributed by atoms with E-state index in [1.54, 1.807) is 0 Å². The van der Waals surface area contributed by atoms with Gasteiger partial charge in [-0.1, -0.05) is 6.42 Å². The van der Waals surface area contributed by atoms with E-state index in [2.05, 4.69) is 31.9 Å². The number of hydrogen-bond donors (Lipinski definition) is 0. The van der Waals surface area contributed by atoms with E-state index in [1.807, 2.05) is 12.4 Å². The van der Waals surface area contributed by atoms with E-state index < -0.39 is 0 Å². The van der Waals surface area contributed by atoms with E-state index in [-0.39, 0.29) is 0 Å². The average molecular weight is 281 g/mol. The summed E-state index contributed by atoms with van der Waals surface area (Å²) in [5, 5.41) is 0. The Bertz CT molecular complexity index is 368. The molecule has 1 aliphatic carbocycles. The minimum Gasteiger partial charge on any atom is -0.298 e. The van der Waals surface area contributed by atoms with Crippen molar-refractivity contribution >= 4 is 15.9 Å². The zero-order chi connectivity index (χ0) is 11.0. The summed E-state index contributed by atoms with van der Waals surface area (Å²) in [5.74, 6) is 1.97. The molecule has 2 aliphatic rings. The summed E-state index contributed by atoms with van der Waals surface area (Å²) in [4.78, 5) is 6.82. The van der Waals surface area contributed by atoms with Gasteiger partial charge in [0.15, 0.2) is 0 Å². The second-order valence-corrected chi connectivity index (χ2v) is 6.07. The van der Waals surface area contributed by atoms with Crippen LogP contribution in [0.3, 0.4) is 0 Å². The molecule has 3 rings (SSSR count). The molecular formula is C13H17BrN2. The third-order valence-electron chi connectivity index (χ3n) is 3.97. The van der Waals surface area contributed by atoms with Crippen molar-refractivity contribution in [3.8, 4) is 0 Å². The fourth-order valence-corrected chi connectivity index (χ4v) is 3.67. The van der Waals surface area contributed by atoms with Crippen LogP contribution in [-0.2, 0) is 6.54 Å². The third kappa shape index (κ3) is 2.16. The standard InChI is InChI=1S/C13H17BrN2/c14-13-4-10(5-15-6-13)7-16-8-11-2-1-3-12(11)9-16/h4-6,11-12H,1-3,7-9H2. The second kappa shape index (κ2) is 4.46. The first-order chi connectivity index (χ1) is 7.81. The van der Waals surface area contributed by atoms with Crippen LogP contribution in [0.1, 0.15) is 24.8 Å². The van der Waals surface area contributed by atoms with Gasteiger partial charge in [-0.2, -0.15) is 0 Å². The molecule has 0 aromatic carbocycles. The van der Waals surface area contributed by atoms with Gasteiger partial charge in [-0.05, 0) is 52.2 Å². The number of halogens is 1. The lowest BCUT2D eigenvalue weighted by molar-refractivity contribution is 0.303. The molecule has 2 heterocycles. The Kier molecular flexibility index (Phi) is 2.99. The highest BCUT2D eigenvalue weighted by molar-refractivity contribution is 9.10. The van der Waals surface area contributed by atoms with Crippen LogP contribution in [0.2, 0.25) is 0 Å². The second-order valence-electron chi connectivity index (χ2n) is 5.16. The highest BCUT2D eigenvalue weighted by Crippen LogP contribution is 2.38. The Morgan fingerprint density at radius 1 is 1.25 bits per heavy atom. The Morgan fingerprint density at radius 2 is 2.00 bits per heavy atom. The maximum absolute atomic E-state index is 4.22. The van der Waals surface area contributed by atoms with Crippen LogP contribution >= 0.6 is 15.9 Å². The number of hydrogen-bond acceptors (Lipinski definition) is 2. The van der Waals surface area contributed by atoms with Crippen LogP contribution in [-0.4, -0.2) is 23.0 Å². The van der Waals surface area contributed by atoms with Crippen LogP contribution < -0.4 is 0 Å². The molecule has 1 saturated carbocycles. The number of fused-ring (bicyclic) bond motifs is 1. The summed E-state index contributed by atoms with van der Waals surface area (Å²) in [6.45, 7) is 3.67. The molecule has 0 N–H and O–H groups in total. The number of likely N-dealkylation sites (tertiary alicyclic amines) is 1. The fraction of sp³-hybridized carbons (Fsp3) is 0.615. The molecule has 0 bridgehead atoms. The molecule has 0 spiro atoms. The van der Waals surface area contributed by atoms with Gasteiger partial charge < -0.3 is 0 Å². The lowest BCUT2D eigenvalue weighted by Crippen LogP contribution is -2.21. The minimum atomic E-state index is 0.986. The molecular weight excluding hydrogens is 264 g/mol. The Hall–Kier alpha value is -0.410. The van der Waals surface area contributed by atoms with Gasteiger partial charge in [-0.15, -0.1) is 0 Å². The average Bonchev–Trinajstić information content (AvgIpc) is 2.77. The normalized spacial score (nSPS) is 29.6. The number of pyridine rings is 1. The molecule has 2 fully saturated rings. The molecule has 1 saturated heterocycles. The van der Waals surface area contributed by atoms with Gasteiger partial charge in [0.05, 0.1) is 0 Å². The highest BCUT2D eigenvalue weighted by atomic mass is 79.9. The summed E-state index contributed by atoms with van der Waals surface area (Å²) in [5.41, 5.74) is 1.33. The van der Waals surface area contributed by atoms with E-state index in [9.17, 15) is 0 Å². The molecule has 2 atom stereocenters. The molecule has 2 unspecified atom stereocenters. The van der Waals surface area contributed by atoms with Crippen molar-refractivity contribution < 1.29 is 0 Å². The zero-order valence-electron chi connectivity index (χ0n) is 9.40.